The summed E-state index contributed by atoms with van der Waals surface area (Å²) in [6.45, 7) is 0. The molecule has 0 saturated heterocycles. The van der Waals surface area contributed by atoms with Crippen molar-refractivity contribution in [1.82, 2.24) is 0 Å². The zero-order valence-electron chi connectivity index (χ0n) is 12.4. The molecule has 0 unspecified atom stereocenters. The van der Waals surface area contributed by atoms with Crippen LogP contribution in [0.25, 0.3) is 0 Å². The van der Waals surface area contributed by atoms with Gasteiger partial charge in [0.2, 0.25) is 3.57 Å². The van der Waals surface area contributed by atoms with Crippen molar-refractivity contribution < 1.29 is 49.0 Å². The van der Waals surface area contributed by atoms with Crippen LogP contribution in [0.4, 0.5) is 13.2 Å². The zero-order chi connectivity index (χ0) is 18.0. The molecule has 0 spiro atoms. The van der Waals surface area contributed by atoms with Crippen LogP contribution in [0.1, 0.15) is 5.56 Å². The summed E-state index contributed by atoms with van der Waals surface area (Å²) in [7, 11) is 1.68. The van der Waals surface area contributed by atoms with E-state index in [1.54, 1.807) is 7.11 Å². The van der Waals surface area contributed by atoms with Crippen LogP contribution < -0.4 is 31.0 Å². The van der Waals surface area contributed by atoms with Crippen molar-refractivity contribution in [1.29, 1.82) is 0 Å². The second kappa shape index (κ2) is 9.82. The van der Waals surface area contributed by atoms with Crippen molar-refractivity contribution in [3.05, 3.63) is 63.7 Å². The summed E-state index contributed by atoms with van der Waals surface area (Å²) in [6, 6.07) is 18.2. The molecule has 0 amide bonds. The van der Waals surface area contributed by atoms with E-state index >= 15 is 0 Å². The van der Waals surface area contributed by atoms with E-state index in [4.69, 9.17) is 14.6 Å². The Morgan fingerprint density at radius 2 is 1.62 bits per heavy atom. The molecule has 2 aromatic rings. The van der Waals surface area contributed by atoms with E-state index in [0.29, 0.717) is 0 Å². The van der Waals surface area contributed by atoms with Gasteiger partial charge < -0.3 is 14.6 Å². The molecule has 0 atom stereocenters. The number of rotatable bonds is 2. The van der Waals surface area contributed by atoms with Gasteiger partial charge in [0.25, 0.3) is 0 Å². The fourth-order valence-electron chi connectivity index (χ4n) is 1.29. The third-order valence-electron chi connectivity index (χ3n) is 2.40. The number of alkyl halides is 3. The van der Waals surface area contributed by atoms with Gasteiger partial charge in [-0.3, -0.25) is 0 Å². The molecule has 0 radical (unpaired) electrons. The summed E-state index contributed by atoms with van der Waals surface area (Å²) in [5.74, 6) is 1.08. The molecule has 2 rings (SSSR count). The molecular weight excluding hydrogens is 436 g/mol. The molecular formula is C17H12F3IO3. The highest BCUT2D eigenvalue weighted by Gasteiger charge is 2.28. The van der Waals surface area contributed by atoms with Crippen molar-refractivity contribution in [2.24, 2.45) is 0 Å². The number of ether oxygens (including phenoxy) is 1. The van der Waals surface area contributed by atoms with E-state index < -0.39 is 12.1 Å². The molecule has 0 aliphatic heterocycles. The Morgan fingerprint density at radius 3 is 2.08 bits per heavy atom. The van der Waals surface area contributed by atoms with Gasteiger partial charge in [0.15, 0.2) is 3.93 Å². The average Bonchev–Trinajstić information content (AvgIpc) is 2.56. The Kier molecular flexibility index (Phi) is 8.12. The first-order valence-electron chi connectivity index (χ1n) is 6.45. The monoisotopic (exact) mass is 448 g/mol. The number of methoxy groups -OCH3 is 1. The Labute approximate surface area is 147 Å². The molecule has 7 heteroatoms. The molecule has 0 fully saturated rings. The Bertz CT molecular complexity index is 702. The van der Waals surface area contributed by atoms with Gasteiger partial charge in [0, 0.05) is 5.56 Å². The van der Waals surface area contributed by atoms with Crippen molar-refractivity contribution in [3.8, 4) is 15.6 Å². The van der Waals surface area contributed by atoms with Gasteiger partial charge in [0.05, 0.1) is 7.11 Å². The standard InChI is InChI=1S/C15H12IO.C2HF3O2/c1-17-15-9-7-14(8-10-15)16-12-11-13-5-3-2-4-6-13;3-2(4,5)1(6)7/h2-10H,1H3;(H,6,7)/q+1;/p-1. The van der Waals surface area contributed by atoms with Crippen LogP contribution in [-0.2, 0) is 4.79 Å². The lowest BCUT2D eigenvalue weighted by Crippen LogP contribution is -3.59. The molecule has 0 bridgehead atoms. The van der Waals surface area contributed by atoms with Gasteiger partial charge in [0.1, 0.15) is 11.7 Å². The van der Waals surface area contributed by atoms with E-state index in [-0.39, 0.29) is 21.2 Å². The maximum absolute atomic E-state index is 10.5. The lowest BCUT2D eigenvalue weighted by Gasteiger charge is -2.03. The number of carboxylic acid groups (broad SMARTS) is 1. The third-order valence-corrected chi connectivity index (χ3v) is 4.28. The molecule has 2 aromatic carbocycles. The van der Waals surface area contributed by atoms with Crippen molar-refractivity contribution in [2.75, 3.05) is 7.11 Å². The van der Waals surface area contributed by atoms with Gasteiger partial charge in [-0.15, -0.1) is 0 Å². The minimum atomic E-state index is -5.19. The van der Waals surface area contributed by atoms with E-state index in [2.05, 4.69) is 22.0 Å². The van der Waals surface area contributed by atoms with Crippen LogP contribution in [0.15, 0.2) is 54.6 Å². The molecule has 0 aromatic heterocycles. The minimum Gasteiger partial charge on any atom is -0.542 e. The molecule has 24 heavy (non-hydrogen) atoms. The highest BCUT2D eigenvalue weighted by atomic mass is 127. The third kappa shape index (κ3) is 7.87. The normalized spacial score (nSPS) is 9.83. The lowest BCUT2D eigenvalue weighted by atomic mass is 10.2. The van der Waals surface area contributed by atoms with E-state index in [9.17, 15) is 13.2 Å². The van der Waals surface area contributed by atoms with Crippen LogP contribution in [0.5, 0.6) is 5.75 Å². The number of hydrogen-bond acceptors (Lipinski definition) is 3. The van der Waals surface area contributed by atoms with Crippen LogP contribution >= 0.6 is 0 Å². The first kappa shape index (κ1) is 19.8. The van der Waals surface area contributed by atoms with Gasteiger partial charge >= 0.3 is 27.4 Å². The second-order valence-corrected chi connectivity index (χ2v) is 6.45. The zero-order valence-corrected chi connectivity index (χ0v) is 14.6. The number of benzene rings is 2. The quantitative estimate of drug-likeness (QED) is 0.450. The molecule has 0 heterocycles. The molecule has 126 valence electrons. The molecule has 0 aliphatic rings. The molecule has 0 saturated carbocycles. The Balaban J connectivity index is 0.000000351. The predicted octanol–water partition coefficient (Wildman–Crippen LogP) is -0.738. The number of carbonyl (C=O) groups excluding carboxylic acids is 1. The lowest BCUT2D eigenvalue weighted by molar-refractivity contribution is -0.535. The maximum Gasteiger partial charge on any atom is 0.430 e. The summed E-state index contributed by atoms with van der Waals surface area (Å²) in [5.41, 5.74) is 1.08. The van der Waals surface area contributed by atoms with Crippen molar-refractivity contribution >= 4 is 5.97 Å². The predicted molar refractivity (Wildman–Crippen MR) is 76.1 cm³/mol. The summed E-state index contributed by atoms with van der Waals surface area (Å²) < 4.78 is 41.3. The van der Waals surface area contributed by atoms with E-state index in [1.165, 1.54) is 3.57 Å². The first-order chi connectivity index (χ1) is 11.3. The van der Waals surface area contributed by atoms with Crippen LogP contribution in [0.3, 0.4) is 0 Å². The first-order valence-corrected chi connectivity index (χ1v) is 8.61. The topological polar surface area (TPSA) is 49.4 Å². The highest BCUT2D eigenvalue weighted by molar-refractivity contribution is 5.70. The summed E-state index contributed by atoms with van der Waals surface area (Å²) in [6.07, 6.45) is -5.19. The summed E-state index contributed by atoms with van der Waals surface area (Å²) in [5, 5.41) is 8.78. The van der Waals surface area contributed by atoms with Gasteiger partial charge in [-0.2, -0.15) is 13.2 Å². The summed E-state index contributed by atoms with van der Waals surface area (Å²) in [4.78, 5) is 8.78. The molecule has 0 aliphatic carbocycles. The van der Waals surface area contributed by atoms with E-state index in [1.807, 2.05) is 42.5 Å². The number of carbonyl (C=O) groups is 1. The maximum atomic E-state index is 10.5. The SMILES string of the molecule is COc1ccc([I+]C#Cc2ccccc2)cc1.O=C([O-])C(F)(F)F. The van der Waals surface area contributed by atoms with Crippen LogP contribution in [0, 0.1) is 13.4 Å². The Morgan fingerprint density at radius 1 is 1.08 bits per heavy atom. The van der Waals surface area contributed by atoms with Gasteiger partial charge in [-0.1, -0.05) is 18.2 Å². The number of hydrogen-bond donors (Lipinski definition) is 0. The largest absolute Gasteiger partial charge is 0.542 e. The van der Waals surface area contributed by atoms with E-state index in [0.717, 1.165) is 11.3 Å². The fraction of sp³-hybridized carbons (Fsp3) is 0.118. The summed E-state index contributed by atoms with van der Waals surface area (Å²) >= 11 is -0.234. The van der Waals surface area contributed by atoms with Crippen molar-refractivity contribution in [3.63, 3.8) is 0 Å². The molecule has 3 nitrogen and oxygen atoms in total. The van der Waals surface area contributed by atoms with Crippen LogP contribution in [0.2, 0.25) is 0 Å². The van der Waals surface area contributed by atoms with Crippen molar-refractivity contribution in [2.45, 2.75) is 6.18 Å². The smallest absolute Gasteiger partial charge is 0.430 e. The number of carboxylic acids is 1. The molecule has 0 N–H and O–H groups in total. The highest BCUT2D eigenvalue weighted by Crippen LogP contribution is 2.11. The fourth-order valence-corrected chi connectivity index (χ4v) is 2.76. The average molecular weight is 448 g/mol. The van der Waals surface area contributed by atoms with Gasteiger partial charge in [-0.05, 0) is 42.3 Å². The number of aliphatic carboxylic acids is 1. The van der Waals surface area contributed by atoms with Crippen LogP contribution in [-0.4, -0.2) is 19.3 Å². The van der Waals surface area contributed by atoms with Gasteiger partial charge in [-0.25, -0.2) is 0 Å². The minimum absolute atomic E-state index is 0.234. The number of halogens is 4. The Hall–Kier alpha value is -2.21. The second-order valence-electron chi connectivity index (χ2n) is 4.12.